The minimum absolute atomic E-state index is 0.141. The average Bonchev–Trinajstić information content (AvgIpc) is 2.50. The standard InChI is InChI=1S/C20H43O4P2S2/c1-13(9-19(3,4)5)11-25-15(21)17(23)26(28-27,18(24)16(25)22)12-14(2)10-20(6,7)8/h13-18,21-24,27H,9-12H2,1-8H3. The molecule has 8 heteroatoms. The number of thiol groups is 1. The van der Waals surface area contributed by atoms with Crippen molar-refractivity contribution in [1.29, 1.82) is 0 Å². The molecule has 0 aliphatic carbocycles. The largest absolute Gasteiger partial charge is 0.385 e. The maximum atomic E-state index is 11.1. The Balaban J connectivity index is 3.02. The first-order valence-corrected chi connectivity index (χ1v) is 16.5. The Hall–Kier alpha value is 1.40. The van der Waals surface area contributed by atoms with Crippen molar-refractivity contribution in [2.75, 3.05) is 12.3 Å². The zero-order chi connectivity index (χ0) is 22.1. The lowest BCUT2D eigenvalue weighted by molar-refractivity contribution is 0.0758. The fraction of sp³-hybridized carbons (Fsp3) is 1.00. The lowest BCUT2D eigenvalue weighted by Gasteiger charge is -2.54. The van der Waals surface area contributed by atoms with Gasteiger partial charge in [0, 0.05) is 0 Å². The molecule has 1 rings (SSSR count). The highest BCUT2D eigenvalue weighted by Crippen LogP contribution is 2.84. The predicted molar refractivity (Wildman–Crippen MR) is 131 cm³/mol. The van der Waals surface area contributed by atoms with E-state index in [4.69, 9.17) is 0 Å². The zero-order valence-corrected chi connectivity index (χ0v) is 22.3. The van der Waals surface area contributed by atoms with Gasteiger partial charge in [-0.15, -0.1) is 11.7 Å². The van der Waals surface area contributed by atoms with Crippen LogP contribution in [0.2, 0.25) is 0 Å². The van der Waals surface area contributed by atoms with Crippen molar-refractivity contribution in [3.8, 4) is 0 Å². The summed E-state index contributed by atoms with van der Waals surface area (Å²) in [5.41, 5.74) is 0.306. The molecule has 0 spiro atoms. The van der Waals surface area contributed by atoms with Gasteiger partial charge >= 0.3 is 0 Å². The van der Waals surface area contributed by atoms with Crippen molar-refractivity contribution in [3.63, 3.8) is 0 Å². The Morgan fingerprint density at radius 1 is 0.857 bits per heavy atom. The summed E-state index contributed by atoms with van der Waals surface area (Å²) in [6, 6.07) is 0. The van der Waals surface area contributed by atoms with Gasteiger partial charge in [-0.2, -0.15) is 0 Å². The van der Waals surface area contributed by atoms with Crippen LogP contribution in [0.15, 0.2) is 0 Å². The summed E-state index contributed by atoms with van der Waals surface area (Å²) in [4.78, 5) is 0. The van der Waals surface area contributed by atoms with E-state index in [1.807, 2.05) is 0 Å². The predicted octanol–water partition coefficient (Wildman–Crippen LogP) is 5.41. The van der Waals surface area contributed by atoms with E-state index in [1.165, 1.54) is 10.4 Å². The molecule has 6 unspecified atom stereocenters. The van der Waals surface area contributed by atoms with Crippen LogP contribution < -0.4 is 0 Å². The first-order valence-electron chi connectivity index (χ1n) is 10.2. The van der Waals surface area contributed by atoms with Gasteiger partial charge in [0.05, 0.1) is 0 Å². The summed E-state index contributed by atoms with van der Waals surface area (Å²) in [5, 5.41) is 44.2. The summed E-state index contributed by atoms with van der Waals surface area (Å²) in [6.07, 6.45) is 3.18. The second-order valence-corrected chi connectivity index (χ2v) is 21.0. The molecule has 1 heterocycles. The quantitative estimate of drug-likeness (QED) is 0.194. The van der Waals surface area contributed by atoms with Crippen molar-refractivity contribution in [3.05, 3.63) is 0 Å². The summed E-state index contributed by atoms with van der Waals surface area (Å²) in [5.74, 6) is -3.35. The van der Waals surface area contributed by atoms with Gasteiger partial charge in [-0.1, -0.05) is 65.8 Å². The van der Waals surface area contributed by atoms with E-state index >= 15 is 0 Å². The second-order valence-electron chi connectivity index (χ2n) is 11.2. The Morgan fingerprint density at radius 3 is 1.61 bits per heavy atom. The summed E-state index contributed by atoms with van der Waals surface area (Å²) < 4.78 is 0. The number of aliphatic hydroxyl groups is 4. The van der Waals surface area contributed by atoms with E-state index in [2.05, 4.69) is 67.1 Å². The normalized spacial score (nSPS) is 37.0. The van der Waals surface area contributed by atoms with Crippen LogP contribution in [0.1, 0.15) is 68.2 Å². The SMILES string of the molecule is CC(CP1C(O)C(O)[P](CC(C)CC(C)(C)C)(SS)C(O)C1O)CC(C)(C)C. The molecule has 28 heavy (non-hydrogen) atoms. The number of hydrogen-bond donors (Lipinski definition) is 5. The van der Waals surface area contributed by atoms with Crippen LogP contribution >= 0.6 is 36.5 Å². The van der Waals surface area contributed by atoms with Gasteiger partial charge in [-0.05, 0) is 62.2 Å². The van der Waals surface area contributed by atoms with Crippen LogP contribution in [-0.4, -0.2) is 56.1 Å². The molecule has 4 N–H and O–H groups in total. The maximum Gasteiger partial charge on any atom is 0.111 e. The molecule has 4 nitrogen and oxygen atoms in total. The first kappa shape index (κ1) is 27.4. The molecule has 1 fully saturated rings. The topological polar surface area (TPSA) is 80.9 Å². The van der Waals surface area contributed by atoms with Crippen LogP contribution in [0.3, 0.4) is 0 Å². The molecule has 1 saturated heterocycles. The third-order valence-corrected chi connectivity index (χ3v) is 18.0. The van der Waals surface area contributed by atoms with Crippen LogP contribution in [0.25, 0.3) is 0 Å². The Morgan fingerprint density at radius 2 is 1.25 bits per heavy atom. The van der Waals surface area contributed by atoms with Gasteiger partial charge in [0.2, 0.25) is 0 Å². The molecule has 0 aromatic heterocycles. The molecule has 0 aromatic rings. The van der Waals surface area contributed by atoms with Gasteiger partial charge in [-0.25, -0.2) is 0 Å². The van der Waals surface area contributed by atoms with Crippen LogP contribution in [0, 0.1) is 22.7 Å². The molecule has 1 aliphatic heterocycles. The van der Waals surface area contributed by atoms with E-state index in [1.54, 1.807) is 0 Å². The van der Waals surface area contributed by atoms with Gasteiger partial charge in [0.1, 0.15) is 23.4 Å². The lowest BCUT2D eigenvalue weighted by Crippen LogP contribution is -2.46. The molecule has 1 radical (unpaired) electrons. The van der Waals surface area contributed by atoms with Gasteiger partial charge < -0.3 is 20.4 Å². The van der Waals surface area contributed by atoms with E-state index in [0.717, 1.165) is 12.8 Å². The van der Waals surface area contributed by atoms with Crippen molar-refractivity contribution in [1.82, 2.24) is 0 Å². The van der Waals surface area contributed by atoms with E-state index in [0.29, 0.717) is 18.2 Å². The Bertz CT molecular complexity index is 480. The molecule has 0 amide bonds. The zero-order valence-electron chi connectivity index (χ0n) is 18.8. The molecule has 169 valence electrons. The van der Waals surface area contributed by atoms with Gasteiger partial charge in [0.15, 0.2) is 0 Å². The summed E-state index contributed by atoms with van der Waals surface area (Å²) >= 11 is 4.42. The average molecular weight is 474 g/mol. The minimum Gasteiger partial charge on any atom is -0.385 e. The molecule has 1 aliphatic rings. The third kappa shape index (κ3) is 7.23. The maximum absolute atomic E-state index is 11.1. The molecule has 0 bridgehead atoms. The molecule has 0 saturated carbocycles. The molecule has 0 aromatic carbocycles. The minimum atomic E-state index is -2.52. The summed E-state index contributed by atoms with van der Waals surface area (Å²) in [7, 11) is -0.0916. The van der Waals surface area contributed by atoms with Crippen LogP contribution in [0.5, 0.6) is 0 Å². The van der Waals surface area contributed by atoms with E-state index in [-0.39, 0.29) is 16.7 Å². The van der Waals surface area contributed by atoms with E-state index < -0.39 is 37.8 Å². The lowest BCUT2D eigenvalue weighted by atomic mass is 9.86. The molecular formula is C20H43O4P2S2. The Labute approximate surface area is 183 Å². The smallest absolute Gasteiger partial charge is 0.111 e. The van der Waals surface area contributed by atoms with Crippen LogP contribution in [0.4, 0.5) is 0 Å². The van der Waals surface area contributed by atoms with Crippen molar-refractivity contribution < 1.29 is 20.4 Å². The number of aliphatic hydroxyl groups excluding tert-OH is 4. The van der Waals surface area contributed by atoms with Crippen molar-refractivity contribution in [2.24, 2.45) is 22.7 Å². The molecule has 6 atom stereocenters. The monoisotopic (exact) mass is 473 g/mol. The fourth-order valence-electron chi connectivity index (χ4n) is 4.74. The van der Waals surface area contributed by atoms with Gasteiger partial charge in [0.25, 0.3) is 0 Å². The number of hydrogen-bond acceptors (Lipinski definition) is 6. The highest BCUT2D eigenvalue weighted by Gasteiger charge is 2.57. The summed E-state index contributed by atoms with van der Waals surface area (Å²) in [6.45, 7) is 14.8. The third-order valence-electron chi connectivity index (χ3n) is 5.30. The highest BCUT2D eigenvalue weighted by atomic mass is 33.3. The first-order chi connectivity index (χ1) is 12.5. The fourth-order valence-corrected chi connectivity index (χ4v) is 17.6. The highest BCUT2D eigenvalue weighted by molar-refractivity contribution is 8.97. The van der Waals surface area contributed by atoms with Gasteiger partial charge in [-0.3, -0.25) is 0 Å². The van der Waals surface area contributed by atoms with Crippen LogP contribution in [-0.2, 0) is 0 Å². The Kier molecular flexibility index (Phi) is 10.1. The molecular weight excluding hydrogens is 430 g/mol. The second kappa shape index (κ2) is 10.3. The number of rotatable bonds is 7. The van der Waals surface area contributed by atoms with E-state index in [9.17, 15) is 20.4 Å². The van der Waals surface area contributed by atoms with Crippen molar-refractivity contribution in [2.45, 2.75) is 91.6 Å². The van der Waals surface area contributed by atoms with Crippen molar-refractivity contribution >= 4 is 36.5 Å².